The molecule has 1 rings (SSSR count). The van der Waals surface area contributed by atoms with Gasteiger partial charge in [0.25, 0.3) is 0 Å². The van der Waals surface area contributed by atoms with E-state index >= 15 is 0 Å². The average Bonchev–Trinajstić information content (AvgIpc) is 2.45. The number of benzene rings is 1. The highest BCUT2D eigenvalue weighted by Gasteiger charge is 2.19. The molecule has 0 unspecified atom stereocenters. The number of halogens is 2. The van der Waals surface area contributed by atoms with Crippen LogP contribution in [0.4, 0.5) is 4.39 Å². The molecule has 0 aliphatic heterocycles. The largest absolute Gasteiger partial charge is 0.346 e. The zero-order valence-corrected chi connectivity index (χ0v) is 13.8. The summed E-state index contributed by atoms with van der Waals surface area (Å²) in [6, 6.07) is 5.62. The van der Waals surface area contributed by atoms with E-state index in [9.17, 15) is 14.0 Å². The Bertz CT molecular complexity index is 511. The van der Waals surface area contributed by atoms with Crippen LogP contribution in [-0.2, 0) is 16.1 Å². The van der Waals surface area contributed by atoms with Crippen molar-refractivity contribution in [1.29, 1.82) is 0 Å². The smallest absolute Gasteiger partial charge is 0.242 e. The highest BCUT2D eigenvalue weighted by atomic mass is 35.5. The Morgan fingerprint density at radius 2 is 1.91 bits per heavy atom. The molecule has 0 heterocycles. The van der Waals surface area contributed by atoms with Gasteiger partial charge >= 0.3 is 0 Å². The molecule has 3 N–H and O–H groups in total. The van der Waals surface area contributed by atoms with E-state index in [1.165, 1.54) is 11.0 Å². The molecule has 0 saturated carbocycles. The second kappa shape index (κ2) is 9.38. The Morgan fingerprint density at radius 3 is 2.45 bits per heavy atom. The number of hydrogen-bond acceptors (Lipinski definition) is 3. The number of nitrogens with zero attached hydrogens (tertiary/aromatic N) is 1. The number of carbonyl (C=O) groups excluding carboxylic acids is 2. The molecule has 22 heavy (non-hydrogen) atoms. The van der Waals surface area contributed by atoms with Gasteiger partial charge in [-0.2, -0.15) is 0 Å². The first-order chi connectivity index (χ1) is 9.82. The number of amides is 2. The molecular weight excluding hydrogens is 309 g/mol. The van der Waals surface area contributed by atoms with Gasteiger partial charge in [-0.3, -0.25) is 9.59 Å². The minimum absolute atomic E-state index is 0. The molecule has 1 atom stereocenters. The molecule has 0 aliphatic carbocycles. The predicted octanol–water partition coefficient (Wildman–Crippen LogP) is 1.31. The van der Waals surface area contributed by atoms with E-state index in [0.29, 0.717) is 5.56 Å². The predicted molar refractivity (Wildman–Crippen MR) is 85.9 cm³/mol. The van der Waals surface area contributed by atoms with Gasteiger partial charge in [0.05, 0.1) is 12.6 Å². The van der Waals surface area contributed by atoms with E-state index in [4.69, 9.17) is 5.73 Å². The maximum absolute atomic E-state index is 13.5. The Morgan fingerprint density at radius 1 is 1.32 bits per heavy atom. The van der Waals surface area contributed by atoms with E-state index in [1.807, 2.05) is 13.8 Å². The Balaban J connectivity index is 0.00000441. The first-order valence-corrected chi connectivity index (χ1v) is 6.83. The van der Waals surface area contributed by atoms with Crippen LogP contribution in [0, 0.1) is 11.7 Å². The minimum Gasteiger partial charge on any atom is -0.346 e. The maximum atomic E-state index is 13.5. The van der Waals surface area contributed by atoms with Crippen molar-refractivity contribution in [3.8, 4) is 0 Å². The van der Waals surface area contributed by atoms with Crippen molar-refractivity contribution in [2.45, 2.75) is 26.4 Å². The standard InChI is InChI=1S/C15H22FN3O2.ClH/c1-10(2)14(17)15(21)18-8-13(20)19(3)9-11-6-4-5-7-12(11)16;/h4-7,10,14H,8-9,17H2,1-3H3,(H,18,21);1H/t14-;/m0./s1. The molecule has 124 valence electrons. The van der Waals surface area contributed by atoms with Gasteiger partial charge in [-0.1, -0.05) is 32.0 Å². The van der Waals surface area contributed by atoms with Crippen LogP contribution in [0.15, 0.2) is 24.3 Å². The molecule has 7 heteroatoms. The SMILES string of the molecule is CC(C)[C@H](N)C(=O)NCC(=O)N(C)Cc1ccccc1F.Cl. The second-order valence-electron chi connectivity index (χ2n) is 5.33. The van der Waals surface area contributed by atoms with Crippen molar-refractivity contribution in [2.75, 3.05) is 13.6 Å². The van der Waals surface area contributed by atoms with Crippen molar-refractivity contribution in [3.05, 3.63) is 35.6 Å². The molecule has 0 bridgehead atoms. The molecule has 0 spiro atoms. The van der Waals surface area contributed by atoms with Crippen LogP contribution in [-0.4, -0.2) is 36.3 Å². The summed E-state index contributed by atoms with van der Waals surface area (Å²) in [7, 11) is 1.56. The Labute approximate surface area is 136 Å². The van der Waals surface area contributed by atoms with E-state index in [-0.39, 0.29) is 49.0 Å². The van der Waals surface area contributed by atoms with E-state index in [0.717, 1.165) is 0 Å². The monoisotopic (exact) mass is 331 g/mol. The topological polar surface area (TPSA) is 75.4 Å². The second-order valence-corrected chi connectivity index (χ2v) is 5.33. The van der Waals surface area contributed by atoms with Crippen molar-refractivity contribution < 1.29 is 14.0 Å². The van der Waals surface area contributed by atoms with Gasteiger partial charge in [0.1, 0.15) is 5.82 Å². The summed E-state index contributed by atoms with van der Waals surface area (Å²) in [5, 5.41) is 2.50. The van der Waals surface area contributed by atoms with E-state index in [2.05, 4.69) is 5.32 Å². The molecule has 5 nitrogen and oxygen atoms in total. The third kappa shape index (κ3) is 5.99. The molecular formula is C15H23ClFN3O2. The van der Waals surface area contributed by atoms with E-state index < -0.39 is 6.04 Å². The van der Waals surface area contributed by atoms with Crippen LogP contribution in [0.2, 0.25) is 0 Å². The fourth-order valence-electron chi connectivity index (χ4n) is 1.69. The fraction of sp³-hybridized carbons (Fsp3) is 0.467. The third-order valence-electron chi connectivity index (χ3n) is 3.23. The Kier molecular flexibility index (Phi) is 8.67. The minimum atomic E-state index is -0.644. The zero-order valence-electron chi connectivity index (χ0n) is 13.0. The normalized spacial score (nSPS) is 11.5. The number of likely N-dealkylation sites (N-methyl/N-ethyl adjacent to an activating group) is 1. The number of rotatable bonds is 6. The van der Waals surface area contributed by atoms with Gasteiger partial charge < -0.3 is 16.0 Å². The van der Waals surface area contributed by atoms with Gasteiger partial charge in [0.15, 0.2) is 0 Å². The van der Waals surface area contributed by atoms with Gasteiger partial charge in [0, 0.05) is 19.2 Å². The first kappa shape index (κ1) is 20.3. The van der Waals surface area contributed by atoms with Crippen LogP contribution in [0.3, 0.4) is 0 Å². The number of hydrogen-bond donors (Lipinski definition) is 2. The zero-order chi connectivity index (χ0) is 16.0. The summed E-state index contributed by atoms with van der Waals surface area (Å²) in [4.78, 5) is 24.9. The molecule has 0 saturated heterocycles. The lowest BCUT2D eigenvalue weighted by Gasteiger charge is -2.19. The van der Waals surface area contributed by atoms with Crippen LogP contribution in [0.1, 0.15) is 19.4 Å². The molecule has 1 aromatic rings. The quantitative estimate of drug-likeness (QED) is 0.825. The van der Waals surface area contributed by atoms with Crippen molar-refractivity contribution >= 4 is 24.2 Å². The average molecular weight is 332 g/mol. The molecule has 1 aromatic carbocycles. The summed E-state index contributed by atoms with van der Waals surface area (Å²) in [5.74, 6) is -1.03. The number of nitrogens with two attached hydrogens (primary N) is 1. The van der Waals surface area contributed by atoms with Gasteiger partial charge in [-0.25, -0.2) is 4.39 Å². The lowest BCUT2D eigenvalue weighted by Crippen LogP contribution is -2.47. The highest BCUT2D eigenvalue weighted by molar-refractivity contribution is 5.87. The maximum Gasteiger partial charge on any atom is 0.242 e. The van der Waals surface area contributed by atoms with Crippen molar-refractivity contribution in [2.24, 2.45) is 11.7 Å². The van der Waals surface area contributed by atoms with Crippen LogP contribution >= 0.6 is 12.4 Å². The summed E-state index contributed by atoms with van der Waals surface area (Å²) in [5.41, 5.74) is 6.11. The summed E-state index contributed by atoms with van der Waals surface area (Å²) < 4.78 is 13.5. The fourth-order valence-corrected chi connectivity index (χ4v) is 1.69. The Hall–Kier alpha value is -1.66. The molecule has 0 aliphatic rings. The van der Waals surface area contributed by atoms with Crippen molar-refractivity contribution in [3.63, 3.8) is 0 Å². The first-order valence-electron chi connectivity index (χ1n) is 6.83. The lowest BCUT2D eigenvalue weighted by atomic mass is 10.1. The van der Waals surface area contributed by atoms with Gasteiger partial charge in [-0.05, 0) is 12.0 Å². The van der Waals surface area contributed by atoms with Crippen molar-refractivity contribution in [1.82, 2.24) is 10.2 Å². The van der Waals surface area contributed by atoms with Crippen LogP contribution in [0.25, 0.3) is 0 Å². The van der Waals surface area contributed by atoms with E-state index in [1.54, 1.807) is 25.2 Å². The lowest BCUT2D eigenvalue weighted by molar-refractivity contribution is -0.132. The van der Waals surface area contributed by atoms with Gasteiger partial charge in [0.2, 0.25) is 11.8 Å². The van der Waals surface area contributed by atoms with Crippen LogP contribution in [0.5, 0.6) is 0 Å². The number of nitrogens with one attached hydrogen (secondary N) is 1. The molecule has 0 aromatic heterocycles. The third-order valence-corrected chi connectivity index (χ3v) is 3.23. The van der Waals surface area contributed by atoms with Gasteiger partial charge in [-0.15, -0.1) is 12.4 Å². The highest BCUT2D eigenvalue weighted by Crippen LogP contribution is 2.08. The molecule has 0 radical (unpaired) electrons. The summed E-state index contributed by atoms with van der Waals surface area (Å²) >= 11 is 0. The summed E-state index contributed by atoms with van der Waals surface area (Å²) in [6.45, 7) is 3.66. The molecule has 0 fully saturated rings. The summed E-state index contributed by atoms with van der Waals surface area (Å²) in [6.07, 6.45) is 0. The molecule has 2 amide bonds. The number of carbonyl (C=O) groups is 2. The van der Waals surface area contributed by atoms with Crippen LogP contribution < -0.4 is 11.1 Å².